The molecule has 65 heavy (non-hydrogen) atoms. The molecular weight excluding hydrogens is 783 g/mol. The highest BCUT2D eigenvalue weighted by atomic mass is 15.1. The summed E-state index contributed by atoms with van der Waals surface area (Å²) in [6.45, 7) is 18.5. The van der Waals surface area contributed by atoms with Crippen LogP contribution in [0.4, 0.5) is 17.1 Å². The van der Waals surface area contributed by atoms with Crippen molar-refractivity contribution in [2.45, 2.75) is 89.9 Å². The Hall–Kier alpha value is -6.70. The molecule has 0 bridgehead atoms. The Morgan fingerprint density at radius 3 is 1.46 bits per heavy atom. The molecule has 0 atom stereocenters. The van der Waals surface area contributed by atoms with Gasteiger partial charge in [0.2, 0.25) is 0 Å². The van der Waals surface area contributed by atoms with E-state index >= 15 is 0 Å². The summed E-state index contributed by atoms with van der Waals surface area (Å²) in [5.41, 5.74) is 21.7. The lowest BCUT2D eigenvalue weighted by Crippen LogP contribution is -2.28. The summed E-state index contributed by atoms with van der Waals surface area (Å²) in [6.07, 6.45) is 6.74. The fraction of sp³-hybridized carbons (Fsp3) is 0.219. The zero-order valence-corrected chi connectivity index (χ0v) is 39.4. The zero-order valence-electron chi connectivity index (χ0n) is 39.4. The third-order valence-electron chi connectivity index (χ3n) is 14.8. The van der Waals surface area contributed by atoms with Gasteiger partial charge in [-0.25, -0.2) is 0 Å². The van der Waals surface area contributed by atoms with E-state index in [1.165, 1.54) is 95.0 Å². The summed E-state index contributed by atoms with van der Waals surface area (Å²) >= 11 is 0. The van der Waals surface area contributed by atoms with Crippen LogP contribution < -0.4 is 4.90 Å². The summed E-state index contributed by atoms with van der Waals surface area (Å²) in [6, 6.07) is 71.0. The number of anilines is 3. The molecule has 0 fully saturated rings. The molecule has 2 aliphatic carbocycles. The molecule has 0 N–H and O–H groups in total. The predicted molar refractivity (Wildman–Crippen MR) is 278 cm³/mol. The van der Waals surface area contributed by atoms with Gasteiger partial charge in [-0.1, -0.05) is 219 Å². The van der Waals surface area contributed by atoms with Gasteiger partial charge in [-0.15, -0.1) is 0 Å². The Kier molecular flexibility index (Phi) is 10.5. The summed E-state index contributed by atoms with van der Waals surface area (Å²) < 4.78 is 0. The van der Waals surface area contributed by atoms with Gasteiger partial charge in [0, 0.05) is 22.5 Å². The Balaban J connectivity index is 1.06. The van der Waals surface area contributed by atoms with Gasteiger partial charge in [0.15, 0.2) is 0 Å². The number of hydrogen-bond donors (Lipinski definition) is 0. The lowest BCUT2D eigenvalue weighted by atomic mass is 9.67. The van der Waals surface area contributed by atoms with Gasteiger partial charge >= 0.3 is 0 Å². The predicted octanol–water partition coefficient (Wildman–Crippen LogP) is 17.4. The third kappa shape index (κ3) is 6.91. The van der Waals surface area contributed by atoms with Gasteiger partial charge in [-0.2, -0.15) is 0 Å². The second kappa shape index (κ2) is 16.1. The van der Waals surface area contributed by atoms with Gasteiger partial charge in [0.1, 0.15) is 0 Å². The smallest absolute Gasteiger partial charge is 0.0713 e. The van der Waals surface area contributed by atoms with Crippen molar-refractivity contribution in [1.29, 1.82) is 0 Å². The van der Waals surface area contributed by atoms with Gasteiger partial charge in [0.05, 0.1) is 5.41 Å². The molecule has 1 heteroatoms. The van der Waals surface area contributed by atoms with E-state index in [9.17, 15) is 0 Å². The van der Waals surface area contributed by atoms with Crippen molar-refractivity contribution in [2.24, 2.45) is 0 Å². The van der Waals surface area contributed by atoms with Crippen LogP contribution >= 0.6 is 0 Å². The number of fused-ring (bicyclic) bond motifs is 6. The summed E-state index contributed by atoms with van der Waals surface area (Å²) in [5, 5.41) is 0. The Morgan fingerprint density at radius 2 is 0.908 bits per heavy atom. The topological polar surface area (TPSA) is 3.24 Å². The first-order valence-corrected chi connectivity index (χ1v) is 23.7. The van der Waals surface area contributed by atoms with E-state index in [0.717, 1.165) is 12.8 Å². The number of hydrogen-bond acceptors (Lipinski definition) is 1. The van der Waals surface area contributed by atoms with Crippen molar-refractivity contribution in [1.82, 2.24) is 0 Å². The highest BCUT2D eigenvalue weighted by Crippen LogP contribution is 2.58. The molecule has 0 saturated heterocycles. The first kappa shape index (κ1) is 42.3. The van der Waals surface area contributed by atoms with Crippen LogP contribution in [0.3, 0.4) is 0 Å². The third-order valence-corrected chi connectivity index (χ3v) is 14.8. The van der Waals surface area contributed by atoms with Gasteiger partial charge in [-0.05, 0) is 138 Å². The maximum atomic E-state index is 2.50. The average molecular weight is 844 g/mol. The monoisotopic (exact) mass is 843 g/mol. The standard InChI is InChI=1S/C64H61N/c1-9-63(10-2)58-42-44(28-30-45-20-19-27-57-60(45)55-25-17-18-26-56(55)64(57,48-21-13-11-14-22-48)49-23-15-12-16-24-49)29-40-53(58)54-41-39-52(43-59(54)63)65(50-35-31-46(32-36-50)61(3,4)5)51-37-33-47(34-38-51)62(6,7)8/h11-43H,9-10H2,1-8H3. The minimum absolute atomic E-state index is 0.0795. The van der Waals surface area contributed by atoms with Crippen molar-refractivity contribution in [3.05, 3.63) is 244 Å². The molecule has 0 saturated carbocycles. The van der Waals surface area contributed by atoms with Crippen LogP contribution in [0.25, 0.3) is 34.4 Å². The van der Waals surface area contributed by atoms with E-state index in [1.54, 1.807) is 0 Å². The van der Waals surface area contributed by atoms with Crippen molar-refractivity contribution in [2.75, 3.05) is 4.90 Å². The fourth-order valence-electron chi connectivity index (χ4n) is 11.3. The molecular formula is C64H61N. The lowest BCUT2D eigenvalue weighted by Gasteiger charge is -2.33. The molecule has 0 radical (unpaired) electrons. The normalized spacial score (nSPS) is 14.5. The minimum Gasteiger partial charge on any atom is -0.310 e. The molecule has 8 aromatic rings. The largest absolute Gasteiger partial charge is 0.310 e. The number of nitrogens with zero attached hydrogens (tertiary/aromatic N) is 1. The van der Waals surface area contributed by atoms with Gasteiger partial charge in [0.25, 0.3) is 0 Å². The Labute approximate surface area is 388 Å². The van der Waals surface area contributed by atoms with E-state index in [-0.39, 0.29) is 16.2 Å². The number of rotatable bonds is 9. The van der Waals surface area contributed by atoms with Crippen LogP contribution in [0, 0.1) is 0 Å². The SMILES string of the molecule is CCC1(CC)c2cc(C=Cc3cccc4c3-c3ccccc3C4(c3ccccc3)c3ccccc3)ccc2-c2ccc(N(c3ccc(C(C)(C)C)cc3)c3ccc(C(C)(C)C)cc3)cc21. The number of benzene rings is 8. The van der Waals surface area contributed by atoms with Crippen molar-refractivity contribution < 1.29 is 0 Å². The maximum absolute atomic E-state index is 2.50. The van der Waals surface area contributed by atoms with Gasteiger partial charge < -0.3 is 4.90 Å². The lowest BCUT2D eigenvalue weighted by molar-refractivity contribution is 0.490. The summed E-state index contributed by atoms with van der Waals surface area (Å²) in [5.74, 6) is 0. The second-order valence-electron chi connectivity index (χ2n) is 20.4. The van der Waals surface area contributed by atoms with Crippen LogP contribution in [0.1, 0.15) is 124 Å². The van der Waals surface area contributed by atoms with E-state index < -0.39 is 5.41 Å². The van der Waals surface area contributed by atoms with Crippen molar-refractivity contribution >= 4 is 29.2 Å². The van der Waals surface area contributed by atoms with Crippen LogP contribution in [0.15, 0.2) is 188 Å². The highest BCUT2D eigenvalue weighted by molar-refractivity contribution is 5.93. The van der Waals surface area contributed by atoms with Gasteiger partial charge in [-0.3, -0.25) is 0 Å². The van der Waals surface area contributed by atoms with E-state index in [0.29, 0.717) is 0 Å². The van der Waals surface area contributed by atoms with Crippen LogP contribution in [0.5, 0.6) is 0 Å². The van der Waals surface area contributed by atoms with E-state index in [2.05, 4.69) is 260 Å². The molecule has 0 aromatic heterocycles. The average Bonchev–Trinajstić information content (AvgIpc) is 3.79. The molecule has 8 aromatic carbocycles. The minimum atomic E-state index is -0.417. The highest BCUT2D eigenvalue weighted by Gasteiger charge is 2.46. The maximum Gasteiger partial charge on any atom is 0.0713 e. The van der Waals surface area contributed by atoms with Crippen molar-refractivity contribution in [3.63, 3.8) is 0 Å². The molecule has 322 valence electrons. The van der Waals surface area contributed by atoms with E-state index in [1.807, 2.05) is 0 Å². The molecule has 0 heterocycles. The van der Waals surface area contributed by atoms with E-state index in [4.69, 9.17) is 0 Å². The molecule has 10 rings (SSSR count). The summed E-state index contributed by atoms with van der Waals surface area (Å²) in [4.78, 5) is 2.45. The first-order chi connectivity index (χ1) is 31.4. The molecule has 0 amide bonds. The van der Waals surface area contributed by atoms with Crippen LogP contribution in [0.2, 0.25) is 0 Å². The molecule has 1 nitrogen and oxygen atoms in total. The summed E-state index contributed by atoms with van der Waals surface area (Å²) in [7, 11) is 0. The molecule has 0 aliphatic heterocycles. The van der Waals surface area contributed by atoms with Crippen LogP contribution in [-0.2, 0) is 21.7 Å². The Morgan fingerprint density at radius 1 is 0.415 bits per heavy atom. The second-order valence-corrected chi connectivity index (χ2v) is 20.4. The van der Waals surface area contributed by atoms with Crippen LogP contribution in [-0.4, -0.2) is 0 Å². The molecule has 0 unspecified atom stereocenters. The molecule has 0 spiro atoms. The molecule has 2 aliphatic rings. The quantitative estimate of drug-likeness (QED) is 0.131. The fourth-order valence-corrected chi connectivity index (χ4v) is 11.3. The first-order valence-electron chi connectivity index (χ1n) is 23.7. The zero-order chi connectivity index (χ0) is 45.1. The Bertz CT molecular complexity index is 2940. The van der Waals surface area contributed by atoms with Crippen molar-refractivity contribution in [3.8, 4) is 22.3 Å².